The standard InChI is InChI=1S/C19H23ClN2O5/c1-13(2)16(23)26-11-18(3,4)17(24)19(25,22-10-9-21-12-22)27-15-7-5-14(20)6-8-15/h5-10,12-13,25H,11H2,1-4H3. The normalized spacial score (nSPS) is 13.9. The smallest absolute Gasteiger partial charge is 0.361 e. The lowest BCUT2D eigenvalue weighted by atomic mass is 9.86. The number of benzene rings is 1. The van der Waals surface area contributed by atoms with E-state index in [1.165, 1.54) is 30.9 Å². The molecule has 1 aromatic heterocycles. The van der Waals surface area contributed by atoms with Gasteiger partial charge in [0.25, 0.3) is 0 Å². The van der Waals surface area contributed by atoms with Gasteiger partial charge in [-0.2, -0.15) is 0 Å². The van der Waals surface area contributed by atoms with E-state index in [1.807, 2.05) is 0 Å². The average Bonchev–Trinajstić information content (AvgIpc) is 3.16. The van der Waals surface area contributed by atoms with Crippen LogP contribution in [-0.4, -0.2) is 33.0 Å². The van der Waals surface area contributed by atoms with Gasteiger partial charge >= 0.3 is 11.9 Å². The molecule has 0 aliphatic rings. The highest BCUT2D eigenvalue weighted by Gasteiger charge is 2.49. The quantitative estimate of drug-likeness (QED) is 0.546. The van der Waals surface area contributed by atoms with Crippen molar-refractivity contribution in [1.29, 1.82) is 0 Å². The molecule has 1 unspecified atom stereocenters. The number of esters is 1. The number of ether oxygens (including phenoxy) is 2. The third-order valence-corrected chi connectivity index (χ3v) is 4.14. The molecule has 1 heterocycles. The molecule has 0 radical (unpaired) electrons. The van der Waals surface area contributed by atoms with Gasteiger partial charge in [0.15, 0.2) is 0 Å². The largest absolute Gasteiger partial charge is 0.464 e. The molecule has 0 saturated carbocycles. The third-order valence-electron chi connectivity index (χ3n) is 3.89. The highest BCUT2D eigenvalue weighted by Crippen LogP contribution is 2.31. The third kappa shape index (κ3) is 4.87. The molecule has 1 N–H and O–H groups in total. The van der Waals surface area contributed by atoms with Crippen LogP contribution in [0, 0.1) is 11.3 Å². The van der Waals surface area contributed by atoms with Gasteiger partial charge in [-0.05, 0) is 38.1 Å². The average molecular weight is 395 g/mol. The molecule has 2 aromatic rings. The van der Waals surface area contributed by atoms with Crippen molar-refractivity contribution in [3.8, 4) is 5.75 Å². The van der Waals surface area contributed by atoms with Crippen LogP contribution in [-0.2, 0) is 20.2 Å². The molecule has 146 valence electrons. The number of halogens is 1. The molecule has 1 atom stereocenters. The number of hydrogen-bond acceptors (Lipinski definition) is 6. The van der Waals surface area contributed by atoms with Crippen LogP contribution in [0.25, 0.3) is 0 Å². The molecule has 0 aliphatic heterocycles. The molecule has 0 bridgehead atoms. The van der Waals surface area contributed by atoms with Crippen LogP contribution in [0.1, 0.15) is 27.7 Å². The molecule has 0 amide bonds. The summed E-state index contributed by atoms with van der Waals surface area (Å²) in [6.07, 6.45) is 4.09. The fraction of sp³-hybridized carbons (Fsp3) is 0.421. The Hall–Kier alpha value is -2.38. The summed E-state index contributed by atoms with van der Waals surface area (Å²) in [6.45, 7) is 6.32. The first-order valence-corrected chi connectivity index (χ1v) is 8.81. The van der Waals surface area contributed by atoms with E-state index in [-0.39, 0.29) is 18.3 Å². The number of ketones is 1. The van der Waals surface area contributed by atoms with Crippen LogP contribution in [0.4, 0.5) is 0 Å². The van der Waals surface area contributed by atoms with Gasteiger partial charge in [0, 0.05) is 17.4 Å². The molecule has 0 fully saturated rings. The van der Waals surface area contributed by atoms with Gasteiger partial charge in [0.1, 0.15) is 18.7 Å². The number of aliphatic hydroxyl groups is 1. The van der Waals surface area contributed by atoms with E-state index >= 15 is 0 Å². The molecule has 7 nitrogen and oxygen atoms in total. The fourth-order valence-electron chi connectivity index (χ4n) is 2.25. The van der Waals surface area contributed by atoms with Gasteiger partial charge in [0.2, 0.25) is 5.78 Å². The van der Waals surface area contributed by atoms with Crippen LogP contribution < -0.4 is 4.74 Å². The topological polar surface area (TPSA) is 90.7 Å². The number of rotatable bonds is 8. The van der Waals surface area contributed by atoms with E-state index < -0.39 is 23.1 Å². The van der Waals surface area contributed by atoms with E-state index in [0.717, 1.165) is 4.57 Å². The molecule has 0 spiro atoms. The van der Waals surface area contributed by atoms with Crippen molar-refractivity contribution < 1.29 is 24.2 Å². The number of hydrogen-bond donors (Lipinski definition) is 1. The Balaban J connectivity index is 2.31. The van der Waals surface area contributed by atoms with Crippen molar-refractivity contribution in [1.82, 2.24) is 9.55 Å². The zero-order chi connectivity index (χ0) is 20.2. The van der Waals surface area contributed by atoms with Crippen molar-refractivity contribution in [3.05, 3.63) is 48.0 Å². The van der Waals surface area contributed by atoms with Gasteiger partial charge in [-0.15, -0.1) is 0 Å². The number of Topliss-reactive ketones (excluding diaryl/α,β-unsaturated/α-hetero) is 1. The van der Waals surface area contributed by atoms with E-state index in [2.05, 4.69) is 4.98 Å². The van der Waals surface area contributed by atoms with Gasteiger partial charge in [0.05, 0.1) is 11.3 Å². The molecule has 2 rings (SSSR count). The van der Waals surface area contributed by atoms with Crippen LogP contribution >= 0.6 is 11.6 Å². The van der Waals surface area contributed by atoms with Crippen molar-refractivity contribution >= 4 is 23.4 Å². The Morgan fingerprint density at radius 3 is 2.41 bits per heavy atom. The van der Waals surface area contributed by atoms with Crippen molar-refractivity contribution in [3.63, 3.8) is 0 Å². The lowest BCUT2D eigenvalue weighted by Gasteiger charge is -2.34. The highest BCUT2D eigenvalue weighted by molar-refractivity contribution is 6.30. The van der Waals surface area contributed by atoms with E-state index in [9.17, 15) is 14.7 Å². The van der Waals surface area contributed by atoms with E-state index in [1.54, 1.807) is 39.8 Å². The second kappa shape index (κ2) is 8.10. The predicted octanol–water partition coefficient (Wildman–Crippen LogP) is 3.01. The molecule has 1 aromatic carbocycles. The van der Waals surface area contributed by atoms with Gasteiger partial charge < -0.3 is 14.6 Å². The number of carbonyl (C=O) groups is 2. The number of nitrogens with zero attached hydrogens (tertiary/aromatic N) is 2. The second-order valence-electron chi connectivity index (χ2n) is 7.11. The summed E-state index contributed by atoms with van der Waals surface area (Å²) in [5.41, 5.74) is -1.23. The maximum Gasteiger partial charge on any atom is 0.361 e. The zero-order valence-corrected chi connectivity index (χ0v) is 16.4. The van der Waals surface area contributed by atoms with Gasteiger partial charge in [-0.1, -0.05) is 25.4 Å². The molecular formula is C19H23ClN2O5. The van der Waals surface area contributed by atoms with Crippen LogP contribution in [0.5, 0.6) is 5.75 Å². The predicted molar refractivity (Wildman–Crippen MR) is 99.1 cm³/mol. The summed E-state index contributed by atoms with van der Waals surface area (Å²) in [7, 11) is 0. The van der Waals surface area contributed by atoms with Gasteiger partial charge in [-0.25, -0.2) is 4.98 Å². The molecular weight excluding hydrogens is 372 g/mol. The minimum absolute atomic E-state index is 0.205. The summed E-state index contributed by atoms with van der Waals surface area (Å²) in [4.78, 5) is 28.8. The minimum Gasteiger partial charge on any atom is -0.464 e. The summed E-state index contributed by atoms with van der Waals surface area (Å²) < 4.78 is 12.0. The maximum absolute atomic E-state index is 13.2. The molecule has 0 saturated heterocycles. The minimum atomic E-state index is -2.38. The van der Waals surface area contributed by atoms with Crippen molar-refractivity contribution in [2.45, 2.75) is 33.6 Å². The molecule has 8 heteroatoms. The number of carbonyl (C=O) groups excluding carboxylic acids is 2. The molecule has 27 heavy (non-hydrogen) atoms. The Labute approximate surface area is 162 Å². The van der Waals surface area contributed by atoms with Crippen LogP contribution in [0.2, 0.25) is 5.02 Å². The highest BCUT2D eigenvalue weighted by atomic mass is 35.5. The van der Waals surface area contributed by atoms with E-state index in [4.69, 9.17) is 21.1 Å². The summed E-state index contributed by atoms with van der Waals surface area (Å²) >= 11 is 5.87. The first kappa shape index (κ1) is 20.9. The first-order chi connectivity index (χ1) is 12.6. The summed E-state index contributed by atoms with van der Waals surface area (Å²) in [5.74, 6) is -3.59. The fourth-order valence-corrected chi connectivity index (χ4v) is 2.37. The SMILES string of the molecule is CC(C)C(=O)OCC(C)(C)C(=O)C(O)(Oc1ccc(Cl)cc1)n1ccnc1. The lowest BCUT2D eigenvalue weighted by Crippen LogP contribution is -2.53. The molecule has 0 aliphatic carbocycles. The van der Waals surface area contributed by atoms with Crippen molar-refractivity contribution in [2.75, 3.05) is 6.61 Å². The monoisotopic (exact) mass is 394 g/mol. The summed E-state index contributed by atoms with van der Waals surface area (Å²) in [5, 5.41) is 11.6. The first-order valence-electron chi connectivity index (χ1n) is 8.43. The Bertz CT molecular complexity index is 787. The maximum atomic E-state index is 13.2. The Morgan fingerprint density at radius 2 is 1.89 bits per heavy atom. The van der Waals surface area contributed by atoms with E-state index in [0.29, 0.717) is 5.02 Å². The van der Waals surface area contributed by atoms with Crippen LogP contribution in [0.3, 0.4) is 0 Å². The van der Waals surface area contributed by atoms with Gasteiger partial charge in [-0.3, -0.25) is 14.2 Å². The summed E-state index contributed by atoms with van der Waals surface area (Å²) in [6, 6.07) is 6.21. The lowest BCUT2D eigenvalue weighted by molar-refractivity contribution is -0.217. The Kier molecular flexibility index (Phi) is 6.28. The van der Waals surface area contributed by atoms with Crippen LogP contribution in [0.15, 0.2) is 43.0 Å². The second-order valence-corrected chi connectivity index (χ2v) is 7.55. The zero-order valence-electron chi connectivity index (χ0n) is 15.7. The number of imidazole rings is 1. The van der Waals surface area contributed by atoms with Crippen molar-refractivity contribution in [2.24, 2.45) is 11.3 Å². The Morgan fingerprint density at radius 1 is 1.26 bits per heavy atom. The number of aromatic nitrogens is 2.